The highest BCUT2D eigenvalue weighted by atomic mass is 33.1. The molecule has 0 aromatic carbocycles. The Morgan fingerprint density at radius 1 is 1.00 bits per heavy atom. The van der Waals surface area contributed by atoms with Gasteiger partial charge in [-0.3, -0.25) is 0 Å². The van der Waals surface area contributed by atoms with Gasteiger partial charge in [-0.15, -0.1) is 10.2 Å². The molecule has 0 fully saturated rings. The first-order chi connectivity index (χ1) is 3.45. The van der Waals surface area contributed by atoms with Crippen molar-refractivity contribution in [1.82, 2.24) is 10.2 Å². The molecule has 0 saturated carbocycles. The second kappa shape index (κ2) is 1.37. The highest BCUT2D eigenvalue weighted by molar-refractivity contribution is 8.78. The minimum absolute atomic E-state index is 1.08. The number of fused-ring (bicyclic) bond motifs is 2. The van der Waals surface area contributed by atoms with Crippen LogP contribution in [0.15, 0.2) is 8.68 Å². The zero-order valence-electron chi connectivity index (χ0n) is 3.12. The van der Waals surface area contributed by atoms with Gasteiger partial charge in [-0.25, -0.2) is 0 Å². The van der Waals surface area contributed by atoms with Crippen molar-refractivity contribution in [2.45, 2.75) is 8.68 Å². The van der Waals surface area contributed by atoms with Gasteiger partial charge in [-0.05, 0) is 21.6 Å². The van der Waals surface area contributed by atoms with Crippen molar-refractivity contribution in [3.63, 3.8) is 0 Å². The first-order valence-electron chi connectivity index (χ1n) is 1.63. The quantitative estimate of drug-likeness (QED) is 0.522. The Morgan fingerprint density at radius 3 is 1.71 bits per heavy atom. The van der Waals surface area contributed by atoms with E-state index in [0.29, 0.717) is 0 Å². The molecule has 1 aromatic rings. The van der Waals surface area contributed by atoms with Crippen LogP contribution in [0.3, 0.4) is 0 Å². The van der Waals surface area contributed by atoms with Crippen molar-refractivity contribution < 1.29 is 0 Å². The number of nitrogens with zero attached hydrogens (tertiary/aromatic N) is 2. The lowest BCUT2D eigenvalue weighted by molar-refractivity contribution is 0.954. The summed E-state index contributed by atoms with van der Waals surface area (Å²) < 4.78 is 2.17. The van der Waals surface area contributed by atoms with Gasteiger partial charge in [0, 0.05) is 0 Å². The third-order valence-electron chi connectivity index (χ3n) is 0.572. The average Bonchev–Trinajstić information content (AvgIpc) is 2.22. The van der Waals surface area contributed by atoms with Crippen molar-refractivity contribution in [3.8, 4) is 0 Å². The molecule has 1 aliphatic heterocycles. The molecule has 2 bridgehead atoms. The van der Waals surface area contributed by atoms with Gasteiger partial charge in [0.05, 0.1) is 0 Å². The van der Waals surface area contributed by atoms with E-state index in [-0.39, 0.29) is 0 Å². The van der Waals surface area contributed by atoms with Gasteiger partial charge in [-0.1, -0.05) is 11.3 Å². The third-order valence-corrected chi connectivity index (χ3v) is 4.45. The molecule has 2 nitrogen and oxygen atoms in total. The molecule has 1 aromatic heterocycles. The molecule has 5 heteroatoms. The van der Waals surface area contributed by atoms with Crippen LogP contribution < -0.4 is 0 Å². The molecule has 2 heterocycles. The number of hydrogen-bond donors (Lipinski definition) is 0. The Hall–Kier alpha value is 0.260. The monoisotopic (exact) mass is 148 g/mol. The summed E-state index contributed by atoms with van der Waals surface area (Å²) in [6.45, 7) is 0. The van der Waals surface area contributed by atoms with Crippen LogP contribution in [-0.2, 0) is 0 Å². The average molecular weight is 148 g/mol. The molecule has 0 unspecified atom stereocenters. The molecule has 0 spiro atoms. The SMILES string of the molecule is n1nc2sc1SS2. The van der Waals surface area contributed by atoms with Gasteiger partial charge in [-0.2, -0.15) is 0 Å². The van der Waals surface area contributed by atoms with E-state index in [1.165, 1.54) is 0 Å². The zero-order chi connectivity index (χ0) is 4.69. The van der Waals surface area contributed by atoms with Gasteiger partial charge in [0.15, 0.2) is 8.68 Å². The lowest BCUT2D eigenvalue weighted by Gasteiger charge is -1.82. The maximum Gasteiger partial charge on any atom is 0.186 e. The summed E-state index contributed by atoms with van der Waals surface area (Å²) in [7, 11) is 3.38. The minimum atomic E-state index is 1.08. The molecule has 36 valence electrons. The Bertz CT molecular complexity index is 164. The lowest BCUT2D eigenvalue weighted by Crippen LogP contribution is -1.71. The van der Waals surface area contributed by atoms with Crippen LogP contribution in [-0.4, -0.2) is 10.2 Å². The number of rotatable bonds is 0. The van der Waals surface area contributed by atoms with Crippen molar-refractivity contribution in [2.75, 3.05) is 0 Å². The third kappa shape index (κ3) is 0.559. The molecule has 0 saturated heterocycles. The van der Waals surface area contributed by atoms with E-state index in [0.717, 1.165) is 8.68 Å². The fourth-order valence-corrected chi connectivity index (χ4v) is 3.70. The molecule has 0 N–H and O–H groups in total. The maximum absolute atomic E-state index is 3.81. The Balaban J connectivity index is 2.71. The minimum Gasteiger partial charge on any atom is -0.130 e. The van der Waals surface area contributed by atoms with E-state index in [4.69, 9.17) is 0 Å². The fourth-order valence-electron chi connectivity index (χ4n) is 0.336. The summed E-state index contributed by atoms with van der Waals surface area (Å²) in [6, 6.07) is 0. The van der Waals surface area contributed by atoms with Gasteiger partial charge >= 0.3 is 0 Å². The molecule has 0 atom stereocenters. The highest BCUT2D eigenvalue weighted by Crippen LogP contribution is 2.47. The van der Waals surface area contributed by atoms with E-state index in [9.17, 15) is 0 Å². The molecule has 2 rings (SSSR count). The molecule has 1 aliphatic rings. The maximum atomic E-state index is 3.81. The zero-order valence-corrected chi connectivity index (χ0v) is 5.57. The summed E-state index contributed by atoms with van der Waals surface area (Å²) in [5, 5.41) is 7.63. The summed E-state index contributed by atoms with van der Waals surface area (Å²) in [5.74, 6) is 0. The Morgan fingerprint density at radius 2 is 1.57 bits per heavy atom. The van der Waals surface area contributed by atoms with Crippen LogP contribution in [0.2, 0.25) is 0 Å². The Kier molecular flexibility index (Phi) is 0.814. The second-order valence-corrected chi connectivity index (χ2v) is 4.60. The second-order valence-electron chi connectivity index (χ2n) is 1.00. The van der Waals surface area contributed by atoms with Crippen LogP contribution in [0.1, 0.15) is 0 Å². The summed E-state index contributed by atoms with van der Waals surface area (Å²) in [5.41, 5.74) is 0. The molecule has 0 amide bonds. The Labute approximate surface area is 52.1 Å². The van der Waals surface area contributed by atoms with Gasteiger partial charge in [0.2, 0.25) is 0 Å². The van der Waals surface area contributed by atoms with Crippen LogP contribution in [0.5, 0.6) is 0 Å². The first kappa shape index (κ1) is 4.17. The van der Waals surface area contributed by atoms with E-state index in [2.05, 4.69) is 10.2 Å². The van der Waals surface area contributed by atoms with Gasteiger partial charge in [0.1, 0.15) is 0 Å². The smallest absolute Gasteiger partial charge is 0.130 e. The normalized spacial score (nSPS) is 15.4. The van der Waals surface area contributed by atoms with Crippen LogP contribution >= 0.6 is 32.9 Å². The van der Waals surface area contributed by atoms with Crippen molar-refractivity contribution in [1.29, 1.82) is 0 Å². The predicted octanol–water partition coefficient (Wildman–Crippen LogP) is 1.65. The molecular weight excluding hydrogens is 148 g/mol. The van der Waals surface area contributed by atoms with Crippen molar-refractivity contribution >= 4 is 32.9 Å². The molecule has 7 heavy (non-hydrogen) atoms. The summed E-state index contributed by atoms with van der Waals surface area (Å²) >= 11 is 1.66. The van der Waals surface area contributed by atoms with E-state index < -0.39 is 0 Å². The van der Waals surface area contributed by atoms with Gasteiger partial charge in [0.25, 0.3) is 0 Å². The van der Waals surface area contributed by atoms with E-state index in [1.807, 2.05) is 0 Å². The van der Waals surface area contributed by atoms with Crippen molar-refractivity contribution in [3.05, 3.63) is 0 Å². The predicted molar refractivity (Wildman–Crippen MR) is 31.6 cm³/mol. The van der Waals surface area contributed by atoms with E-state index >= 15 is 0 Å². The largest absolute Gasteiger partial charge is 0.186 e. The number of aromatic nitrogens is 2. The fraction of sp³-hybridized carbons (Fsp3) is 0. The van der Waals surface area contributed by atoms with Gasteiger partial charge < -0.3 is 0 Å². The van der Waals surface area contributed by atoms with Crippen molar-refractivity contribution in [2.24, 2.45) is 0 Å². The topological polar surface area (TPSA) is 25.8 Å². The first-order valence-corrected chi connectivity index (χ1v) is 4.60. The summed E-state index contributed by atoms with van der Waals surface area (Å²) in [6.07, 6.45) is 0. The van der Waals surface area contributed by atoms with E-state index in [1.54, 1.807) is 32.9 Å². The van der Waals surface area contributed by atoms with Crippen LogP contribution in [0, 0.1) is 0 Å². The van der Waals surface area contributed by atoms with Crippen LogP contribution in [0.25, 0.3) is 0 Å². The molecule has 0 radical (unpaired) electrons. The summed E-state index contributed by atoms with van der Waals surface area (Å²) in [4.78, 5) is 0. The lowest BCUT2D eigenvalue weighted by atomic mass is 11.6. The highest BCUT2D eigenvalue weighted by Gasteiger charge is 2.13. The number of hydrogen-bond acceptors (Lipinski definition) is 5. The van der Waals surface area contributed by atoms with Crippen LogP contribution in [0.4, 0.5) is 0 Å². The molecular formula is C2N2S3. The standard InChI is InChI=1S/C2N2S3/c3-1-5-2(4-3)7-6-1. The molecule has 0 aliphatic carbocycles.